The Morgan fingerprint density at radius 2 is 2.00 bits per heavy atom. The van der Waals surface area contributed by atoms with Crippen molar-refractivity contribution < 1.29 is 14.6 Å². The summed E-state index contributed by atoms with van der Waals surface area (Å²) in [6, 6.07) is 9.17. The molecule has 3 N–H and O–H groups in total. The molecule has 25 heavy (non-hydrogen) atoms. The van der Waals surface area contributed by atoms with E-state index in [9.17, 15) is 9.90 Å². The fraction of sp³-hybridized carbons (Fsp3) is 0.632. The van der Waals surface area contributed by atoms with Gasteiger partial charge in [0.05, 0.1) is 19.3 Å². The zero-order valence-electron chi connectivity index (χ0n) is 14.7. The van der Waals surface area contributed by atoms with Crippen LogP contribution in [0.15, 0.2) is 30.3 Å². The van der Waals surface area contributed by atoms with Crippen LogP contribution in [0, 0.1) is 5.92 Å². The first kappa shape index (κ1) is 18.2. The first-order valence-electron chi connectivity index (χ1n) is 9.27. The molecule has 2 heterocycles. The topological polar surface area (TPSA) is 73.8 Å². The molecule has 138 valence electrons. The third kappa shape index (κ3) is 5.42. The Kier molecular flexibility index (Phi) is 6.67. The highest BCUT2D eigenvalue weighted by Crippen LogP contribution is 2.18. The van der Waals surface area contributed by atoms with E-state index in [1.807, 2.05) is 30.3 Å². The average molecular weight is 347 g/mol. The molecule has 0 spiro atoms. The number of nitrogens with one attached hydrogen (secondary N) is 2. The molecule has 2 amide bonds. The maximum atomic E-state index is 12.3. The number of benzene rings is 1. The summed E-state index contributed by atoms with van der Waals surface area (Å²) in [6.45, 7) is 4.82. The molecule has 2 aliphatic rings. The van der Waals surface area contributed by atoms with Gasteiger partial charge in [-0.3, -0.25) is 0 Å². The summed E-state index contributed by atoms with van der Waals surface area (Å²) < 4.78 is 5.44. The summed E-state index contributed by atoms with van der Waals surface area (Å²) in [5, 5.41) is 15.5. The quantitative estimate of drug-likeness (QED) is 0.729. The predicted octanol–water partition coefficient (Wildman–Crippen LogP) is 1.52. The van der Waals surface area contributed by atoms with Crippen LogP contribution in [0.5, 0.6) is 0 Å². The molecule has 2 fully saturated rings. The zero-order valence-corrected chi connectivity index (χ0v) is 14.7. The number of carbonyl (C=O) groups is 1. The van der Waals surface area contributed by atoms with Gasteiger partial charge in [0, 0.05) is 32.3 Å². The van der Waals surface area contributed by atoms with Crippen molar-refractivity contribution >= 4 is 6.03 Å². The Morgan fingerprint density at radius 1 is 1.24 bits per heavy atom. The fourth-order valence-electron chi connectivity index (χ4n) is 3.66. The van der Waals surface area contributed by atoms with Crippen LogP contribution in [-0.2, 0) is 4.74 Å². The molecular formula is C19H29N3O3. The summed E-state index contributed by atoms with van der Waals surface area (Å²) in [5.74, 6) is 0.670. The second kappa shape index (κ2) is 9.17. The summed E-state index contributed by atoms with van der Waals surface area (Å²) in [5.41, 5.74) is 0.911. The number of nitrogens with zero attached hydrogens (tertiary/aromatic N) is 1. The highest BCUT2D eigenvalue weighted by molar-refractivity contribution is 5.74. The van der Waals surface area contributed by atoms with Crippen molar-refractivity contribution in [1.29, 1.82) is 0 Å². The van der Waals surface area contributed by atoms with E-state index >= 15 is 0 Å². The van der Waals surface area contributed by atoms with Crippen molar-refractivity contribution in [2.24, 2.45) is 5.92 Å². The molecule has 6 heteroatoms. The van der Waals surface area contributed by atoms with Gasteiger partial charge in [-0.25, -0.2) is 4.79 Å². The molecule has 1 unspecified atom stereocenters. The first-order valence-corrected chi connectivity index (χ1v) is 9.27. The molecule has 2 saturated heterocycles. The van der Waals surface area contributed by atoms with Gasteiger partial charge in [0.15, 0.2) is 0 Å². The second-order valence-corrected chi connectivity index (χ2v) is 7.07. The Labute approximate surface area is 149 Å². The van der Waals surface area contributed by atoms with Crippen LogP contribution in [-0.4, -0.2) is 61.5 Å². The average Bonchev–Trinajstić information content (AvgIpc) is 3.15. The van der Waals surface area contributed by atoms with E-state index in [4.69, 9.17) is 4.74 Å². The lowest BCUT2D eigenvalue weighted by Crippen LogP contribution is -2.49. The van der Waals surface area contributed by atoms with Crippen molar-refractivity contribution in [3.8, 4) is 0 Å². The number of hydrogen-bond donors (Lipinski definition) is 3. The Balaban J connectivity index is 1.39. The second-order valence-electron chi connectivity index (χ2n) is 7.07. The molecule has 3 rings (SSSR count). The Morgan fingerprint density at radius 3 is 2.64 bits per heavy atom. The van der Waals surface area contributed by atoms with Crippen molar-refractivity contribution in [1.82, 2.24) is 15.5 Å². The van der Waals surface area contributed by atoms with Crippen LogP contribution in [0.1, 0.15) is 30.9 Å². The summed E-state index contributed by atoms with van der Waals surface area (Å²) in [7, 11) is 0. The number of carbonyl (C=O) groups excluding carboxylic acids is 1. The Hall–Kier alpha value is -1.63. The van der Waals surface area contributed by atoms with Crippen LogP contribution in [0.3, 0.4) is 0 Å². The maximum absolute atomic E-state index is 12.3. The molecule has 0 radical (unpaired) electrons. The number of aliphatic hydroxyl groups excluding tert-OH is 1. The SMILES string of the molecule is O=C(NC1CCN(CC2CCOC2)CC1)N[C@H](CO)c1ccccc1. The summed E-state index contributed by atoms with van der Waals surface area (Å²) in [6.07, 6.45) is 3.11. The van der Waals surface area contributed by atoms with Gasteiger partial charge in [-0.2, -0.15) is 0 Å². The highest BCUT2D eigenvalue weighted by atomic mass is 16.5. The van der Waals surface area contributed by atoms with Gasteiger partial charge in [0.1, 0.15) is 0 Å². The molecule has 0 aliphatic carbocycles. The number of piperidine rings is 1. The van der Waals surface area contributed by atoms with E-state index in [1.165, 1.54) is 6.42 Å². The molecule has 1 aromatic rings. The van der Waals surface area contributed by atoms with Gasteiger partial charge in [-0.05, 0) is 30.7 Å². The molecule has 0 bridgehead atoms. The normalized spacial score (nSPS) is 23.3. The Bertz CT molecular complexity index is 526. The van der Waals surface area contributed by atoms with Gasteiger partial charge in [0.2, 0.25) is 0 Å². The van der Waals surface area contributed by atoms with Crippen LogP contribution < -0.4 is 10.6 Å². The number of urea groups is 1. The summed E-state index contributed by atoms with van der Waals surface area (Å²) >= 11 is 0. The molecule has 1 aromatic carbocycles. The van der Waals surface area contributed by atoms with E-state index in [0.29, 0.717) is 5.92 Å². The largest absolute Gasteiger partial charge is 0.394 e. The third-order valence-electron chi connectivity index (χ3n) is 5.15. The lowest BCUT2D eigenvalue weighted by molar-refractivity contribution is 0.147. The number of hydrogen-bond acceptors (Lipinski definition) is 4. The standard InChI is InChI=1S/C19H29N3O3/c23-13-18(16-4-2-1-3-5-16)21-19(24)20-17-6-9-22(10-7-17)12-15-8-11-25-14-15/h1-5,15,17-18,23H,6-14H2,(H2,20,21,24)/t15?,18-/m1/s1. The summed E-state index contributed by atoms with van der Waals surface area (Å²) in [4.78, 5) is 14.7. The van der Waals surface area contributed by atoms with E-state index < -0.39 is 0 Å². The van der Waals surface area contributed by atoms with Crippen LogP contribution >= 0.6 is 0 Å². The van der Waals surface area contributed by atoms with Gasteiger partial charge in [-0.15, -0.1) is 0 Å². The van der Waals surface area contributed by atoms with Crippen LogP contribution in [0.2, 0.25) is 0 Å². The van der Waals surface area contributed by atoms with E-state index in [1.54, 1.807) is 0 Å². The van der Waals surface area contributed by atoms with Crippen LogP contribution in [0.25, 0.3) is 0 Å². The van der Waals surface area contributed by atoms with Crippen molar-refractivity contribution in [2.45, 2.75) is 31.3 Å². The smallest absolute Gasteiger partial charge is 0.315 e. The lowest BCUT2D eigenvalue weighted by Gasteiger charge is -2.33. The molecule has 0 saturated carbocycles. The minimum absolute atomic E-state index is 0.112. The van der Waals surface area contributed by atoms with E-state index in [-0.39, 0.29) is 24.7 Å². The van der Waals surface area contributed by atoms with Gasteiger partial charge in [-0.1, -0.05) is 30.3 Å². The number of likely N-dealkylation sites (tertiary alicyclic amines) is 1. The number of ether oxygens (including phenoxy) is 1. The van der Waals surface area contributed by atoms with Gasteiger partial charge in [0.25, 0.3) is 0 Å². The van der Waals surface area contributed by atoms with Crippen molar-refractivity contribution in [3.05, 3.63) is 35.9 Å². The zero-order chi connectivity index (χ0) is 17.5. The maximum Gasteiger partial charge on any atom is 0.315 e. The molecule has 2 aliphatic heterocycles. The highest BCUT2D eigenvalue weighted by Gasteiger charge is 2.25. The molecule has 0 aromatic heterocycles. The predicted molar refractivity (Wildman–Crippen MR) is 96.3 cm³/mol. The number of amides is 2. The third-order valence-corrected chi connectivity index (χ3v) is 5.15. The van der Waals surface area contributed by atoms with Gasteiger partial charge >= 0.3 is 6.03 Å². The minimum atomic E-state index is -0.372. The molecule has 2 atom stereocenters. The van der Waals surface area contributed by atoms with Crippen molar-refractivity contribution in [2.75, 3.05) is 39.5 Å². The van der Waals surface area contributed by atoms with E-state index in [2.05, 4.69) is 15.5 Å². The minimum Gasteiger partial charge on any atom is -0.394 e. The van der Waals surface area contributed by atoms with E-state index in [0.717, 1.165) is 51.3 Å². The molecule has 6 nitrogen and oxygen atoms in total. The monoisotopic (exact) mass is 347 g/mol. The van der Waals surface area contributed by atoms with Crippen LogP contribution in [0.4, 0.5) is 4.79 Å². The fourth-order valence-corrected chi connectivity index (χ4v) is 3.66. The number of rotatable bonds is 6. The molecular weight excluding hydrogens is 318 g/mol. The van der Waals surface area contributed by atoms with Gasteiger partial charge < -0.3 is 25.4 Å². The van der Waals surface area contributed by atoms with Crippen molar-refractivity contribution in [3.63, 3.8) is 0 Å². The lowest BCUT2D eigenvalue weighted by atomic mass is 10.0. The number of aliphatic hydroxyl groups is 1. The first-order chi connectivity index (χ1) is 12.2.